The van der Waals surface area contributed by atoms with E-state index in [0.29, 0.717) is 0 Å². The highest BCUT2D eigenvalue weighted by molar-refractivity contribution is 14.1. The van der Waals surface area contributed by atoms with Crippen LogP contribution in [0.4, 0.5) is 11.4 Å². The van der Waals surface area contributed by atoms with E-state index in [1.807, 2.05) is 0 Å². The number of anilines is 2. The zero-order valence-corrected chi connectivity index (χ0v) is 14.9. The Bertz CT molecular complexity index is 714. The highest BCUT2D eigenvalue weighted by atomic mass is 127. The molecule has 2 bridgehead atoms. The average Bonchev–Trinajstić information content (AvgIpc) is 2.36. The number of rotatable bonds is 0. The molecule has 4 rings (SSSR count). The third kappa shape index (κ3) is 1.96. The van der Waals surface area contributed by atoms with E-state index in [0.717, 1.165) is 24.2 Å². The van der Waals surface area contributed by atoms with Crippen LogP contribution in [0.15, 0.2) is 34.8 Å². The number of fused-ring (bicyclic) bond motifs is 6. The maximum atomic E-state index is 3.59. The van der Waals surface area contributed by atoms with Crippen molar-refractivity contribution in [2.75, 3.05) is 16.5 Å². The van der Waals surface area contributed by atoms with E-state index in [9.17, 15) is 0 Å². The van der Waals surface area contributed by atoms with Gasteiger partial charge in [-0.2, -0.15) is 0 Å². The van der Waals surface area contributed by atoms with Crippen molar-refractivity contribution >= 4 is 49.9 Å². The van der Waals surface area contributed by atoms with E-state index in [4.69, 9.17) is 0 Å². The number of benzene rings is 2. The van der Waals surface area contributed by atoms with Crippen LogP contribution in [-0.2, 0) is 13.1 Å². The fourth-order valence-corrected chi connectivity index (χ4v) is 4.65. The van der Waals surface area contributed by atoms with E-state index in [1.165, 1.54) is 31.6 Å². The monoisotopic (exact) mass is 440 g/mol. The molecule has 0 N–H and O–H groups in total. The van der Waals surface area contributed by atoms with Gasteiger partial charge in [0.05, 0.1) is 6.67 Å². The predicted molar refractivity (Wildman–Crippen MR) is 95.3 cm³/mol. The minimum Gasteiger partial charge on any atom is -0.349 e. The fourth-order valence-electron chi connectivity index (χ4n) is 3.40. The zero-order valence-electron chi connectivity index (χ0n) is 11.2. The van der Waals surface area contributed by atoms with Gasteiger partial charge in [-0.3, -0.25) is 0 Å². The Morgan fingerprint density at radius 2 is 1.85 bits per heavy atom. The summed E-state index contributed by atoms with van der Waals surface area (Å²) in [7, 11) is 0. The summed E-state index contributed by atoms with van der Waals surface area (Å²) in [6, 6.07) is 11.2. The summed E-state index contributed by atoms with van der Waals surface area (Å²) in [6.07, 6.45) is 0. The van der Waals surface area contributed by atoms with Gasteiger partial charge in [0.2, 0.25) is 0 Å². The van der Waals surface area contributed by atoms with Crippen molar-refractivity contribution in [3.63, 3.8) is 0 Å². The SMILES string of the molecule is Cc1cc(I)cc2c1N1Cc3cc(Br)ccc3N(C2)C1. The number of halogens is 2. The Kier molecular flexibility index (Phi) is 3.00. The molecule has 0 unspecified atom stereocenters. The molecule has 0 radical (unpaired) electrons. The Morgan fingerprint density at radius 3 is 2.70 bits per heavy atom. The van der Waals surface area contributed by atoms with Crippen molar-refractivity contribution in [3.8, 4) is 0 Å². The molecule has 4 heteroatoms. The van der Waals surface area contributed by atoms with Crippen LogP contribution >= 0.6 is 38.5 Å². The number of nitrogens with zero attached hydrogens (tertiary/aromatic N) is 2. The molecule has 0 spiro atoms. The minimum absolute atomic E-state index is 1.000. The largest absolute Gasteiger partial charge is 0.349 e. The summed E-state index contributed by atoms with van der Waals surface area (Å²) in [5.41, 5.74) is 7.08. The van der Waals surface area contributed by atoms with Gasteiger partial charge in [0.1, 0.15) is 0 Å². The molecule has 2 aliphatic rings. The smallest absolute Gasteiger partial charge is 0.0910 e. The number of hydrogen-bond acceptors (Lipinski definition) is 2. The van der Waals surface area contributed by atoms with Crippen LogP contribution in [0.1, 0.15) is 16.7 Å². The average molecular weight is 441 g/mol. The molecule has 0 aliphatic carbocycles. The maximum Gasteiger partial charge on any atom is 0.0910 e. The van der Waals surface area contributed by atoms with E-state index >= 15 is 0 Å². The first-order valence-corrected chi connectivity index (χ1v) is 8.56. The van der Waals surface area contributed by atoms with Crippen molar-refractivity contribution < 1.29 is 0 Å². The summed E-state index contributed by atoms with van der Waals surface area (Å²) in [5.74, 6) is 0. The molecule has 2 nitrogen and oxygen atoms in total. The summed E-state index contributed by atoms with van der Waals surface area (Å²) >= 11 is 6.00. The van der Waals surface area contributed by atoms with E-state index < -0.39 is 0 Å². The van der Waals surface area contributed by atoms with E-state index in [-0.39, 0.29) is 0 Å². The van der Waals surface area contributed by atoms with Crippen LogP contribution in [0, 0.1) is 10.5 Å². The summed E-state index contributed by atoms with van der Waals surface area (Å²) in [5, 5.41) is 0. The van der Waals surface area contributed by atoms with E-state index in [1.54, 1.807) is 0 Å². The Morgan fingerprint density at radius 1 is 1.05 bits per heavy atom. The highest BCUT2D eigenvalue weighted by Crippen LogP contribution is 2.40. The van der Waals surface area contributed by atoms with Crippen LogP contribution < -0.4 is 9.80 Å². The highest BCUT2D eigenvalue weighted by Gasteiger charge is 2.30. The second-order valence-corrected chi connectivity index (χ2v) is 7.70. The molecule has 0 atom stereocenters. The zero-order chi connectivity index (χ0) is 13.9. The van der Waals surface area contributed by atoms with Crippen molar-refractivity contribution in [3.05, 3.63) is 55.1 Å². The molecule has 2 aromatic carbocycles. The number of aryl methyl sites for hydroxylation is 1. The lowest BCUT2D eigenvalue weighted by Gasteiger charge is -2.45. The third-order valence-corrected chi connectivity index (χ3v) is 5.22. The van der Waals surface area contributed by atoms with E-state index in [2.05, 4.69) is 85.6 Å². The molecule has 2 aliphatic heterocycles. The molecule has 0 aromatic heterocycles. The van der Waals surface area contributed by atoms with Crippen LogP contribution in [0.3, 0.4) is 0 Å². The molecule has 20 heavy (non-hydrogen) atoms. The summed E-state index contributed by atoms with van der Waals surface area (Å²) in [4.78, 5) is 4.97. The van der Waals surface area contributed by atoms with Crippen molar-refractivity contribution in [2.24, 2.45) is 0 Å². The quantitative estimate of drug-likeness (QED) is 0.549. The third-order valence-electron chi connectivity index (χ3n) is 4.11. The van der Waals surface area contributed by atoms with Crippen molar-refractivity contribution in [1.29, 1.82) is 0 Å². The Hall–Kier alpha value is -0.750. The van der Waals surface area contributed by atoms with Crippen LogP contribution in [0.25, 0.3) is 0 Å². The molecular formula is C16H14BrIN2. The minimum atomic E-state index is 1.000. The first-order chi connectivity index (χ1) is 9.61. The lowest BCUT2D eigenvalue weighted by atomic mass is 9.99. The molecule has 2 heterocycles. The molecule has 0 saturated carbocycles. The molecular weight excluding hydrogens is 427 g/mol. The maximum absolute atomic E-state index is 3.59. The van der Waals surface area contributed by atoms with Gasteiger partial charge in [-0.25, -0.2) is 0 Å². The molecule has 0 amide bonds. The topological polar surface area (TPSA) is 6.48 Å². The second kappa shape index (κ2) is 4.63. The van der Waals surface area contributed by atoms with Gasteiger partial charge < -0.3 is 9.80 Å². The second-order valence-electron chi connectivity index (χ2n) is 5.54. The first-order valence-electron chi connectivity index (χ1n) is 6.69. The predicted octanol–water partition coefficient (Wildman–Crippen LogP) is 4.66. The van der Waals surface area contributed by atoms with Gasteiger partial charge in [-0.1, -0.05) is 15.9 Å². The summed E-state index contributed by atoms with van der Waals surface area (Å²) < 4.78 is 2.50. The lowest BCUT2D eigenvalue weighted by molar-refractivity contribution is 0.648. The standard InChI is InChI=1S/C16H14BrIN2/c1-10-4-14(18)6-12-8-19-9-20(16(10)12)7-11-5-13(17)2-3-15(11)19/h2-6H,7-9H2,1H3. The van der Waals surface area contributed by atoms with Gasteiger partial charge in [-0.05, 0) is 76.5 Å². The molecule has 102 valence electrons. The Labute approximate surface area is 141 Å². The van der Waals surface area contributed by atoms with Crippen LogP contribution in [0.5, 0.6) is 0 Å². The van der Waals surface area contributed by atoms with Gasteiger partial charge in [-0.15, -0.1) is 0 Å². The lowest BCUT2D eigenvalue weighted by Crippen LogP contribution is -2.46. The van der Waals surface area contributed by atoms with Gasteiger partial charge >= 0.3 is 0 Å². The Balaban J connectivity index is 1.86. The van der Waals surface area contributed by atoms with Crippen LogP contribution in [0.2, 0.25) is 0 Å². The molecule has 0 fully saturated rings. The van der Waals surface area contributed by atoms with Crippen molar-refractivity contribution in [2.45, 2.75) is 20.0 Å². The van der Waals surface area contributed by atoms with Crippen LogP contribution in [-0.4, -0.2) is 6.67 Å². The fraction of sp³-hybridized carbons (Fsp3) is 0.250. The van der Waals surface area contributed by atoms with Crippen molar-refractivity contribution in [1.82, 2.24) is 0 Å². The molecule has 2 aromatic rings. The van der Waals surface area contributed by atoms with Gasteiger partial charge in [0.25, 0.3) is 0 Å². The molecule has 0 saturated heterocycles. The summed E-state index contributed by atoms with van der Waals surface area (Å²) in [6.45, 7) is 5.24. The van der Waals surface area contributed by atoms with Gasteiger partial charge in [0.15, 0.2) is 0 Å². The normalized spacial score (nSPS) is 15.9. The van der Waals surface area contributed by atoms with Gasteiger partial charge in [0, 0.05) is 32.5 Å². The first kappa shape index (κ1) is 13.0. The number of hydrogen-bond donors (Lipinski definition) is 0.